The lowest BCUT2D eigenvalue weighted by Gasteiger charge is -2.27. The number of aryl methyl sites for hydroxylation is 1. The first-order chi connectivity index (χ1) is 13.7. The summed E-state index contributed by atoms with van der Waals surface area (Å²) < 4.78 is 0. The normalized spacial score (nSPS) is 18.9. The van der Waals surface area contributed by atoms with Crippen molar-refractivity contribution in [2.45, 2.75) is 25.4 Å². The van der Waals surface area contributed by atoms with Crippen LogP contribution in [0, 0.1) is 6.92 Å². The number of thiocarbonyl (C=S) groups is 1. The number of hydrogen-bond acceptors (Lipinski definition) is 4. The Balaban J connectivity index is 1.48. The van der Waals surface area contributed by atoms with E-state index in [1.165, 1.54) is 9.75 Å². The number of rotatable bonds is 7. The maximum absolute atomic E-state index is 5.72. The van der Waals surface area contributed by atoms with Gasteiger partial charge in [0.2, 0.25) is 0 Å². The summed E-state index contributed by atoms with van der Waals surface area (Å²) >= 11 is 7.56. The number of nitrogens with zero attached hydrogens (tertiary/aromatic N) is 2. The van der Waals surface area contributed by atoms with Gasteiger partial charge in [0, 0.05) is 34.7 Å². The number of anilines is 1. The fourth-order valence-electron chi connectivity index (χ4n) is 3.61. The van der Waals surface area contributed by atoms with E-state index in [2.05, 4.69) is 69.9 Å². The molecule has 0 aliphatic carbocycles. The molecule has 0 radical (unpaired) electrons. The van der Waals surface area contributed by atoms with Crippen LogP contribution >= 0.6 is 23.6 Å². The molecule has 1 saturated heterocycles. The van der Waals surface area contributed by atoms with E-state index >= 15 is 0 Å². The van der Waals surface area contributed by atoms with Gasteiger partial charge in [0.05, 0.1) is 17.8 Å². The Bertz CT molecular complexity index is 911. The van der Waals surface area contributed by atoms with Crippen LogP contribution < -0.4 is 10.6 Å². The fourth-order valence-corrected chi connectivity index (χ4v) is 4.97. The summed E-state index contributed by atoms with van der Waals surface area (Å²) in [6.45, 7) is 3.96. The number of benzene rings is 1. The molecule has 2 unspecified atom stereocenters. The van der Waals surface area contributed by atoms with Crippen molar-refractivity contribution in [1.29, 1.82) is 0 Å². The second-order valence-electron chi connectivity index (χ2n) is 6.91. The Morgan fingerprint density at radius 3 is 2.64 bits per heavy atom. The number of thiophene rings is 1. The molecule has 0 spiro atoms. The predicted octanol–water partition coefficient (Wildman–Crippen LogP) is 4.93. The quantitative estimate of drug-likeness (QED) is 0.429. The van der Waals surface area contributed by atoms with Gasteiger partial charge in [-0.3, -0.25) is 4.98 Å². The van der Waals surface area contributed by atoms with E-state index < -0.39 is 0 Å². The average Bonchev–Trinajstić information content (AvgIpc) is 3.29. The molecule has 3 heterocycles. The van der Waals surface area contributed by atoms with Crippen molar-refractivity contribution < 1.29 is 0 Å². The summed E-state index contributed by atoms with van der Waals surface area (Å²) in [7, 11) is 0. The minimum atomic E-state index is 0.0776. The predicted molar refractivity (Wildman–Crippen MR) is 121 cm³/mol. The zero-order chi connectivity index (χ0) is 19.3. The molecule has 2 atom stereocenters. The first kappa shape index (κ1) is 18.9. The van der Waals surface area contributed by atoms with Crippen molar-refractivity contribution in [3.05, 3.63) is 82.3 Å². The van der Waals surface area contributed by atoms with Crippen molar-refractivity contribution in [3.63, 3.8) is 0 Å². The van der Waals surface area contributed by atoms with Crippen LogP contribution in [0.1, 0.15) is 34.0 Å². The topological polar surface area (TPSA) is 40.2 Å². The van der Waals surface area contributed by atoms with Gasteiger partial charge in [0.1, 0.15) is 0 Å². The van der Waals surface area contributed by atoms with Crippen LogP contribution in [0.4, 0.5) is 5.69 Å². The number of para-hydroxylation sites is 1. The smallest absolute Gasteiger partial charge is 0.170 e. The van der Waals surface area contributed by atoms with E-state index in [9.17, 15) is 0 Å². The highest BCUT2D eigenvalue weighted by atomic mass is 32.1. The zero-order valence-corrected chi connectivity index (χ0v) is 17.5. The SMILES string of the molecule is Cc1ccc(C2C(c3ccccn3)NC(=S)N2CCCNc2ccccc2)s1. The van der Waals surface area contributed by atoms with Crippen molar-refractivity contribution >= 4 is 34.4 Å². The Labute approximate surface area is 175 Å². The Hall–Kier alpha value is -2.44. The molecule has 4 rings (SSSR count). The van der Waals surface area contributed by atoms with Crippen LogP contribution in [0.25, 0.3) is 0 Å². The number of nitrogens with one attached hydrogen (secondary N) is 2. The van der Waals surface area contributed by atoms with Crippen LogP contribution in [0.3, 0.4) is 0 Å². The summed E-state index contributed by atoms with van der Waals surface area (Å²) in [5.41, 5.74) is 2.19. The third-order valence-corrected chi connectivity index (χ3v) is 6.35. The van der Waals surface area contributed by atoms with Crippen molar-refractivity contribution in [2.75, 3.05) is 18.4 Å². The number of aromatic nitrogens is 1. The van der Waals surface area contributed by atoms with Gasteiger partial charge in [-0.25, -0.2) is 0 Å². The first-order valence-electron chi connectivity index (χ1n) is 9.56. The lowest BCUT2D eigenvalue weighted by Crippen LogP contribution is -2.31. The summed E-state index contributed by atoms with van der Waals surface area (Å²) in [4.78, 5) is 9.57. The third kappa shape index (κ3) is 4.18. The molecule has 2 N–H and O–H groups in total. The molecule has 4 nitrogen and oxygen atoms in total. The highest BCUT2D eigenvalue weighted by Crippen LogP contribution is 2.41. The van der Waals surface area contributed by atoms with Gasteiger partial charge < -0.3 is 15.5 Å². The van der Waals surface area contributed by atoms with Crippen LogP contribution in [-0.4, -0.2) is 28.1 Å². The maximum atomic E-state index is 5.72. The highest BCUT2D eigenvalue weighted by molar-refractivity contribution is 7.80. The van der Waals surface area contributed by atoms with E-state index in [4.69, 9.17) is 12.2 Å². The largest absolute Gasteiger partial charge is 0.385 e. The lowest BCUT2D eigenvalue weighted by molar-refractivity contribution is 0.320. The molecule has 1 aliphatic rings. The van der Waals surface area contributed by atoms with Crippen LogP contribution in [-0.2, 0) is 0 Å². The Morgan fingerprint density at radius 2 is 1.93 bits per heavy atom. The second kappa shape index (κ2) is 8.71. The van der Waals surface area contributed by atoms with E-state index in [-0.39, 0.29) is 12.1 Å². The molecule has 0 bridgehead atoms. The van der Waals surface area contributed by atoms with Crippen LogP contribution in [0.2, 0.25) is 0 Å². The number of hydrogen-bond donors (Lipinski definition) is 2. The Morgan fingerprint density at radius 1 is 1.11 bits per heavy atom. The zero-order valence-electron chi connectivity index (χ0n) is 15.8. The fraction of sp³-hybridized carbons (Fsp3) is 0.273. The summed E-state index contributed by atoms with van der Waals surface area (Å²) in [5, 5.41) is 7.81. The molecule has 6 heteroatoms. The number of pyridine rings is 1. The van der Waals surface area contributed by atoms with Crippen molar-refractivity contribution in [3.8, 4) is 0 Å². The minimum absolute atomic E-state index is 0.0776. The van der Waals surface area contributed by atoms with Crippen LogP contribution in [0.15, 0.2) is 66.9 Å². The van der Waals surface area contributed by atoms with Crippen molar-refractivity contribution in [2.24, 2.45) is 0 Å². The van der Waals surface area contributed by atoms with E-state index in [0.717, 1.165) is 36.0 Å². The second-order valence-corrected chi connectivity index (χ2v) is 8.62. The molecule has 1 fully saturated rings. The molecule has 28 heavy (non-hydrogen) atoms. The Kier molecular flexibility index (Phi) is 5.88. The minimum Gasteiger partial charge on any atom is -0.385 e. The van der Waals surface area contributed by atoms with E-state index in [0.29, 0.717) is 0 Å². The molecule has 1 aliphatic heterocycles. The van der Waals surface area contributed by atoms with Gasteiger partial charge in [-0.1, -0.05) is 24.3 Å². The third-order valence-electron chi connectivity index (χ3n) is 4.93. The lowest BCUT2D eigenvalue weighted by atomic mass is 10.0. The molecule has 2 aromatic heterocycles. The molecule has 144 valence electrons. The van der Waals surface area contributed by atoms with Gasteiger partial charge in [-0.05, 0) is 62.0 Å². The maximum Gasteiger partial charge on any atom is 0.170 e. The van der Waals surface area contributed by atoms with Crippen LogP contribution in [0.5, 0.6) is 0 Å². The molecular formula is C22H24N4S2. The standard InChI is InChI=1S/C22H24N4S2/c1-16-11-12-19(28-16)21-20(18-10-5-6-13-24-18)25-22(27)26(21)15-7-14-23-17-8-3-2-4-9-17/h2-6,8-13,20-21,23H,7,14-15H2,1H3,(H,25,27). The molecule has 0 saturated carbocycles. The monoisotopic (exact) mass is 408 g/mol. The highest BCUT2D eigenvalue weighted by Gasteiger charge is 2.40. The van der Waals surface area contributed by atoms with Gasteiger partial charge in [0.15, 0.2) is 5.11 Å². The molecule has 3 aromatic rings. The summed E-state index contributed by atoms with van der Waals surface area (Å²) in [5.74, 6) is 0. The van der Waals surface area contributed by atoms with E-state index in [1.807, 2.05) is 35.7 Å². The summed E-state index contributed by atoms with van der Waals surface area (Å²) in [6.07, 6.45) is 2.86. The van der Waals surface area contributed by atoms with Gasteiger partial charge in [-0.15, -0.1) is 11.3 Å². The first-order valence-corrected chi connectivity index (χ1v) is 10.8. The van der Waals surface area contributed by atoms with Gasteiger partial charge >= 0.3 is 0 Å². The van der Waals surface area contributed by atoms with Gasteiger partial charge in [-0.2, -0.15) is 0 Å². The van der Waals surface area contributed by atoms with Gasteiger partial charge in [0.25, 0.3) is 0 Å². The van der Waals surface area contributed by atoms with E-state index in [1.54, 1.807) is 0 Å². The van der Waals surface area contributed by atoms with Crippen molar-refractivity contribution in [1.82, 2.24) is 15.2 Å². The summed E-state index contributed by atoms with van der Waals surface area (Å²) in [6, 6.07) is 21.1. The molecular weight excluding hydrogens is 384 g/mol. The average molecular weight is 409 g/mol. The molecule has 1 aromatic carbocycles. The molecule has 0 amide bonds.